The number of benzene rings is 2. The molecule has 2 N–H and O–H groups in total. The first-order valence-corrected chi connectivity index (χ1v) is 17.7. The van der Waals surface area contributed by atoms with Crippen molar-refractivity contribution in [3.05, 3.63) is 64.7 Å². The molecule has 10 nitrogen and oxygen atoms in total. The number of anilines is 1. The van der Waals surface area contributed by atoms with Crippen LogP contribution in [-0.4, -0.2) is 106 Å². The van der Waals surface area contributed by atoms with Crippen LogP contribution in [0.5, 0.6) is 0 Å². The molecule has 0 saturated carbocycles. The van der Waals surface area contributed by atoms with Crippen molar-refractivity contribution in [3.63, 3.8) is 0 Å². The molecule has 52 heavy (non-hydrogen) atoms. The van der Waals surface area contributed by atoms with Gasteiger partial charge < -0.3 is 29.8 Å². The number of amides is 3. The molecule has 3 saturated heterocycles. The fourth-order valence-electron chi connectivity index (χ4n) is 8.32. The molecule has 3 amide bonds. The summed E-state index contributed by atoms with van der Waals surface area (Å²) in [6.07, 6.45) is -7.10. The first-order valence-electron chi connectivity index (χ1n) is 17.7. The molecule has 3 fully saturated rings. The number of para-hydroxylation sites is 1. The van der Waals surface area contributed by atoms with Gasteiger partial charge in [0.05, 0.1) is 17.2 Å². The molecule has 0 unspecified atom stereocenters. The summed E-state index contributed by atoms with van der Waals surface area (Å²) in [5.74, 6) is 0. The normalized spacial score (nSPS) is 24.6. The Labute approximate surface area is 297 Å². The molecule has 284 valence electrons. The van der Waals surface area contributed by atoms with Crippen molar-refractivity contribution >= 4 is 24.1 Å². The highest BCUT2D eigenvalue weighted by molar-refractivity contribution is 5.91. The SMILES string of the molecule is O=CC[C@@]1(N2CCC(N3CCC(O)CC3)CC2)C[C@H](N2CCc3ccccc3NC2=O)CCN1C(=O)OCc1cc(C(F)(F)F)cc(C(F)(F)F)c1. The Kier molecular flexibility index (Phi) is 11.1. The summed E-state index contributed by atoms with van der Waals surface area (Å²) in [5.41, 5.74) is -3.14. The number of likely N-dealkylation sites (tertiary alicyclic amines) is 3. The smallest absolute Gasteiger partial charge is 0.416 e. The third-order valence-electron chi connectivity index (χ3n) is 11.0. The number of aldehydes is 1. The zero-order valence-corrected chi connectivity index (χ0v) is 28.6. The van der Waals surface area contributed by atoms with E-state index < -0.39 is 53.4 Å². The van der Waals surface area contributed by atoms with Crippen molar-refractivity contribution in [2.24, 2.45) is 0 Å². The topological polar surface area (TPSA) is 106 Å². The zero-order chi connectivity index (χ0) is 37.3. The molecule has 0 radical (unpaired) electrons. The van der Waals surface area contributed by atoms with Crippen molar-refractivity contribution in [1.82, 2.24) is 19.6 Å². The molecule has 2 aromatic carbocycles. The molecule has 0 spiro atoms. The molecule has 16 heteroatoms. The van der Waals surface area contributed by atoms with Gasteiger partial charge in [0.1, 0.15) is 18.6 Å². The van der Waals surface area contributed by atoms with E-state index >= 15 is 0 Å². The third kappa shape index (κ3) is 8.18. The Morgan fingerprint density at radius 3 is 2.15 bits per heavy atom. The number of piperidine rings is 3. The van der Waals surface area contributed by atoms with Crippen molar-refractivity contribution in [2.75, 3.05) is 44.6 Å². The molecule has 4 heterocycles. The van der Waals surface area contributed by atoms with Crippen LogP contribution in [0.2, 0.25) is 0 Å². The van der Waals surface area contributed by atoms with E-state index in [1.807, 2.05) is 29.2 Å². The van der Waals surface area contributed by atoms with Gasteiger partial charge in [0.2, 0.25) is 0 Å². The maximum absolute atomic E-state index is 14.0. The maximum Gasteiger partial charge on any atom is 0.416 e. The number of rotatable bonds is 7. The minimum atomic E-state index is -5.07. The Morgan fingerprint density at radius 1 is 0.885 bits per heavy atom. The molecular weight excluding hydrogens is 696 g/mol. The van der Waals surface area contributed by atoms with E-state index in [1.165, 1.54) is 4.90 Å². The largest absolute Gasteiger partial charge is 0.445 e. The second-order valence-corrected chi connectivity index (χ2v) is 14.1. The number of nitrogens with one attached hydrogen (secondary N) is 1. The first kappa shape index (κ1) is 37.9. The summed E-state index contributed by atoms with van der Waals surface area (Å²) in [7, 11) is 0. The number of halogens is 6. The number of hydrogen-bond acceptors (Lipinski definition) is 7. The third-order valence-corrected chi connectivity index (χ3v) is 11.0. The van der Waals surface area contributed by atoms with E-state index in [9.17, 15) is 45.8 Å². The lowest BCUT2D eigenvalue weighted by atomic mass is 9.84. The molecule has 4 aliphatic heterocycles. The average Bonchev–Trinajstić information content (AvgIpc) is 3.28. The average molecular weight is 740 g/mol. The zero-order valence-electron chi connectivity index (χ0n) is 28.6. The number of ether oxygens (including phenoxy) is 1. The summed E-state index contributed by atoms with van der Waals surface area (Å²) >= 11 is 0. The summed E-state index contributed by atoms with van der Waals surface area (Å²) in [5, 5.41) is 13.0. The van der Waals surface area contributed by atoms with Gasteiger partial charge in [-0.3, -0.25) is 9.80 Å². The Morgan fingerprint density at radius 2 is 1.52 bits per heavy atom. The quantitative estimate of drug-likeness (QED) is 0.261. The number of aliphatic hydroxyl groups excluding tert-OH is 1. The van der Waals surface area contributed by atoms with E-state index in [1.54, 1.807) is 4.90 Å². The predicted octanol–water partition coefficient (Wildman–Crippen LogP) is 6.12. The van der Waals surface area contributed by atoms with Crippen LogP contribution in [0.3, 0.4) is 0 Å². The van der Waals surface area contributed by atoms with E-state index in [-0.39, 0.29) is 43.6 Å². The minimum Gasteiger partial charge on any atom is -0.445 e. The molecule has 4 aliphatic rings. The second-order valence-electron chi connectivity index (χ2n) is 14.1. The Hall–Kier alpha value is -3.89. The summed E-state index contributed by atoms with van der Waals surface area (Å²) in [4.78, 5) is 47.5. The number of aliphatic hydroxyl groups is 1. The monoisotopic (exact) mass is 739 g/mol. The standard InChI is InChI=1S/C36H43F6N5O5/c37-35(38,39)26-19-24(20-27(21-26)36(40,41)42)23-52-33(51)47-17-8-29(46-16-5-25-3-1-2-4-31(25)43-32(46)50)22-34(47,11-18-48)45-14-6-28(7-15-45)44-12-9-30(49)10-13-44/h1-4,18-21,28-30,49H,5-17,22-23H2,(H,43,50)/t29-,34+/m1/s1. The van der Waals surface area contributed by atoms with Crippen molar-refractivity contribution in [2.45, 2.75) is 94.2 Å². The molecule has 0 bridgehead atoms. The number of urea groups is 1. The Bertz CT molecular complexity index is 1580. The minimum absolute atomic E-state index is 0.0122. The highest BCUT2D eigenvalue weighted by Gasteiger charge is 2.52. The van der Waals surface area contributed by atoms with Gasteiger partial charge in [0.15, 0.2) is 0 Å². The molecule has 6 rings (SSSR count). The van der Waals surface area contributed by atoms with Crippen molar-refractivity contribution in [3.8, 4) is 0 Å². The number of fused-ring (bicyclic) bond motifs is 1. The number of carbonyl (C=O) groups is 3. The molecular formula is C36H43F6N5O5. The summed E-state index contributed by atoms with van der Waals surface area (Å²) < 4.78 is 86.7. The molecule has 0 aromatic heterocycles. The molecule has 2 atom stereocenters. The highest BCUT2D eigenvalue weighted by Crippen LogP contribution is 2.41. The second kappa shape index (κ2) is 15.2. The van der Waals surface area contributed by atoms with Gasteiger partial charge in [-0.2, -0.15) is 26.3 Å². The van der Waals surface area contributed by atoms with E-state index in [0.29, 0.717) is 82.3 Å². The van der Waals surface area contributed by atoms with E-state index in [2.05, 4.69) is 10.2 Å². The number of carbonyl (C=O) groups excluding carboxylic acids is 3. The van der Waals surface area contributed by atoms with E-state index in [4.69, 9.17) is 4.74 Å². The summed E-state index contributed by atoms with van der Waals surface area (Å²) in [6.45, 7) is 2.01. The van der Waals surface area contributed by atoms with Gasteiger partial charge in [0.25, 0.3) is 0 Å². The number of hydrogen-bond donors (Lipinski definition) is 2. The first-order chi connectivity index (χ1) is 24.7. The van der Waals surface area contributed by atoms with Crippen LogP contribution in [0.25, 0.3) is 0 Å². The fraction of sp³-hybridized carbons (Fsp3) is 0.583. The highest BCUT2D eigenvalue weighted by atomic mass is 19.4. The van der Waals surface area contributed by atoms with Crippen LogP contribution in [0, 0.1) is 0 Å². The van der Waals surface area contributed by atoms with Crippen LogP contribution >= 0.6 is 0 Å². The number of alkyl halides is 6. The van der Waals surface area contributed by atoms with E-state index in [0.717, 1.165) is 18.7 Å². The van der Waals surface area contributed by atoms with Crippen LogP contribution in [0.15, 0.2) is 42.5 Å². The number of nitrogens with zero attached hydrogens (tertiary/aromatic N) is 4. The predicted molar refractivity (Wildman–Crippen MR) is 177 cm³/mol. The molecule has 0 aliphatic carbocycles. The van der Waals surface area contributed by atoms with Gasteiger partial charge in [-0.25, -0.2) is 9.59 Å². The Balaban J connectivity index is 1.26. The lowest BCUT2D eigenvalue weighted by Crippen LogP contribution is -2.70. The fourth-order valence-corrected chi connectivity index (χ4v) is 8.32. The van der Waals surface area contributed by atoms with Gasteiger partial charge in [0, 0.05) is 69.9 Å². The van der Waals surface area contributed by atoms with Gasteiger partial charge in [-0.05, 0) is 73.9 Å². The van der Waals surface area contributed by atoms with Crippen molar-refractivity contribution < 1.29 is 50.6 Å². The van der Waals surface area contributed by atoms with Crippen LogP contribution in [0.4, 0.5) is 41.6 Å². The van der Waals surface area contributed by atoms with Gasteiger partial charge >= 0.3 is 24.5 Å². The van der Waals surface area contributed by atoms with Crippen LogP contribution < -0.4 is 5.32 Å². The van der Waals surface area contributed by atoms with Crippen molar-refractivity contribution in [1.29, 1.82) is 0 Å². The van der Waals surface area contributed by atoms with Gasteiger partial charge in [-0.15, -0.1) is 0 Å². The van der Waals surface area contributed by atoms with Crippen LogP contribution in [0.1, 0.15) is 67.2 Å². The maximum atomic E-state index is 14.0. The molecule has 2 aromatic rings. The summed E-state index contributed by atoms with van der Waals surface area (Å²) in [6, 6.07) is 8.02. The van der Waals surface area contributed by atoms with Gasteiger partial charge in [-0.1, -0.05) is 18.2 Å². The lowest BCUT2D eigenvalue weighted by molar-refractivity contribution is -0.143. The van der Waals surface area contributed by atoms with Crippen LogP contribution in [-0.2, 0) is 34.9 Å². The lowest BCUT2D eigenvalue weighted by Gasteiger charge is -2.57.